The fraction of sp³-hybridized carbons (Fsp3) is 0.571. The molecule has 0 bridgehead atoms. The minimum atomic E-state index is -0.0444. The number of aromatic nitrogens is 1. The van der Waals surface area contributed by atoms with Crippen molar-refractivity contribution < 1.29 is 4.79 Å². The van der Waals surface area contributed by atoms with E-state index in [1.54, 1.807) is 6.07 Å². The first kappa shape index (κ1) is 12.9. The number of hydrogen-bond donors (Lipinski definition) is 2. The highest BCUT2D eigenvalue weighted by molar-refractivity contribution is 5.95. The number of nitrogen functional groups attached to an aromatic ring is 1. The van der Waals surface area contributed by atoms with Crippen LogP contribution >= 0.6 is 0 Å². The van der Waals surface area contributed by atoms with Crippen LogP contribution in [0.3, 0.4) is 0 Å². The molecule has 3 N–H and O–H groups in total. The highest BCUT2D eigenvalue weighted by Crippen LogP contribution is 2.44. The first-order valence-corrected chi connectivity index (χ1v) is 6.49. The maximum absolute atomic E-state index is 12.1. The van der Waals surface area contributed by atoms with Gasteiger partial charge in [0, 0.05) is 17.3 Å². The van der Waals surface area contributed by atoms with E-state index < -0.39 is 0 Å². The molecule has 0 aromatic carbocycles. The van der Waals surface area contributed by atoms with E-state index >= 15 is 0 Å². The minimum absolute atomic E-state index is 0.0444. The van der Waals surface area contributed by atoms with Crippen molar-refractivity contribution in [2.24, 2.45) is 5.41 Å². The summed E-state index contributed by atoms with van der Waals surface area (Å²) in [5.41, 5.74) is 7.48. The van der Waals surface area contributed by atoms with Crippen molar-refractivity contribution in [3.63, 3.8) is 0 Å². The number of carbonyl (C=O) groups is 1. The number of nitrogens with one attached hydrogen (secondary N) is 1. The number of carbonyl (C=O) groups excluding carboxylic acids is 1. The number of aryl methyl sites for hydroxylation is 1. The summed E-state index contributed by atoms with van der Waals surface area (Å²) in [5, 5.41) is 3.03. The van der Waals surface area contributed by atoms with Gasteiger partial charge in [0.15, 0.2) is 0 Å². The van der Waals surface area contributed by atoms with Gasteiger partial charge >= 0.3 is 0 Å². The zero-order valence-corrected chi connectivity index (χ0v) is 11.3. The highest BCUT2D eigenvalue weighted by Gasteiger charge is 2.46. The third kappa shape index (κ3) is 2.81. The van der Waals surface area contributed by atoms with Crippen LogP contribution in [0.5, 0.6) is 0 Å². The smallest absolute Gasteiger partial charge is 0.251 e. The monoisotopic (exact) mass is 247 g/mol. The van der Waals surface area contributed by atoms with Crippen LogP contribution in [0.25, 0.3) is 0 Å². The average molecular weight is 247 g/mol. The Hall–Kier alpha value is -1.58. The molecule has 1 fully saturated rings. The molecular formula is C14H21N3O. The predicted molar refractivity (Wildman–Crippen MR) is 72.3 cm³/mol. The molecule has 0 spiro atoms. The van der Waals surface area contributed by atoms with E-state index in [0.29, 0.717) is 11.4 Å². The Morgan fingerprint density at radius 1 is 1.56 bits per heavy atom. The normalized spacial score (nSPS) is 20.5. The second-order valence-corrected chi connectivity index (χ2v) is 5.74. The van der Waals surface area contributed by atoms with E-state index in [1.807, 2.05) is 6.07 Å². The Morgan fingerprint density at radius 3 is 2.78 bits per heavy atom. The van der Waals surface area contributed by atoms with Crippen LogP contribution in [0.1, 0.15) is 49.7 Å². The van der Waals surface area contributed by atoms with Crippen molar-refractivity contribution in [3.8, 4) is 0 Å². The number of amides is 1. The van der Waals surface area contributed by atoms with Gasteiger partial charge < -0.3 is 11.1 Å². The number of nitrogens with two attached hydrogens (primary N) is 1. The molecule has 0 aliphatic heterocycles. The van der Waals surface area contributed by atoms with Gasteiger partial charge in [0.25, 0.3) is 5.91 Å². The van der Waals surface area contributed by atoms with Crippen molar-refractivity contribution in [1.29, 1.82) is 0 Å². The van der Waals surface area contributed by atoms with Gasteiger partial charge in [-0.3, -0.25) is 4.79 Å². The lowest BCUT2D eigenvalue weighted by molar-refractivity contribution is 0.0946. The largest absolute Gasteiger partial charge is 0.384 e. The molecular weight excluding hydrogens is 226 g/mol. The summed E-state index contributed by atoms with van der Waals surface area (Å²) in [6, 6.07) is 3.77. The standard InChI is InChI=1S/C14H21N3O/c1-4-5-10-6-9(7-12(15)16-10)13(18)17-11-8-14(11,2)3/h6-7,11H,4-5,8H2,1-3H3,(H2,15,16)(H,17,18). The Morgan fingerprint density at radius 2 is 2.22 bits per heavy atom. The molecule has 4 heteroatoms. The Kier molecular flexibility index (Phi) is 3.28. The lowest BCUT2D eigenvalue weighted by atomic mass is 10.1. The molecule has 1 unspecified atom stereocenters. The van der Waals surface area contributed by atoms with Crippen LogP contribution in [0, 0.1) is 5.41 Å². The van der Waals surface area contributed by atoms with Crippen molar-refractivity contribution in [3.05, 3.63) is 23.4 Å². The summed E-state index contributed by atoms with van der Waals surface area (Å²) in [5.74, 6) is 0.373. The summed E-state index contributed by atoms with van der Waals surface area (Å²) in [7, 11) is 0. The molecule has 2 rings (SSSR count). The topological polar surface area (TPSA) is 68.0 Å². The van der Waals surface area contributed by atoms with Crippen LogP contribution in [0.15, 0.2) is 12.1 Å². The van der Waals surface area contributed by atoms with E-state index in [9.17, 15) is 4.79 Å². The van der Waals surface area contributed by atoms with E-state index in [-0.39, 0.29) is 17.4 Å². The van der Waals surface area contributed by atoms with E-state index in [1.165, 1.54) is 0 Å². The molecule has 1 atom stereocenters. The minimum Gasteiger partial charge on any atom is -0.384 e. The molecule has 4 nitrogen and oxygen atoms in total. The van der Waals surface area contributed by atoms with E-state index in [0.717, 1.165) is 25.0 Å². The number of nitrogens with zero attached hydrogens (tertiary/aromatic N) is 1. The second kappa shape index (κ2) is 4.59. The van der Waals surface area contributed by atoms with Crippen LogP contribution in [0.2, 0.25) is 0 Å². The van der Waals surface area contributed by atoms with Crippen LogP contribution in [0.4, 0.5) is 5.82 Å². The lowest BCUT2D eigenvalue weighted by Gasteiger charge is -2.09. The summed E-state index contributed by atoms with van der Waals surface area (Å²) in [6.07, 6.45) is 2.88. The Balaban J connectivity index is 2.10. The maximum atomic E-state index is 12.1. The third-order valence-electron chi connectivity index (χ3n) is 3.49. The third-order valence-corrected chi connectivity index (χ3v) is 3.49. The van der Waals surface area contributed by atoms with Gasteiger partial charge in [-0.1, -0.05) is 27.2 Å². The first-order chi connectivity index (χ1) is 8.42. The highest BCUT2D eigenvalue weighted by atomic mass is 16.1. The molecule has 1 amide bonds. The van der Waals surface area contributed by atoms with Crippen LogP contribution in [-0.4, -0.2) is 16.9 Å². The molecule has 1 aliphatic rings. The molecule has 1 aliphatic carbocycles. The SMILES string of the molecule is CCCc1cc(C(=O)NC2CC2(C)C)cc(N)n1. The number of anilines is 1. The quantitative estimate of drug-likeness (QED) is 0.856. The molecule has 1 heterocycles. The first-order valence-electron chi connectivity index (χ1n) is 6.49. The molecule has 98 valence electrons. The second-order valence-electron chi connectivity index (χ2n) is 5.74. The Bertz CT molecular complexity index is 468. The van der Waals surface area contributed by atoms with E-state index in [2.05, 4.69) is 31.1 Å². The summed E-state index contributed by atoms with van der Waals surface area (Å²) >= 11 is 0. The van der Waals surface area contributed by atoms with Crippen LogP contribution < -0.4 is 11.1 Å². The molecule has 18 heavy (non-hydrogen) atoms. The van der Waals surface area contributed by atoms with Crippen molar-refractivity contribution in [2.45, 2.75) is 46.1 Å². The van der Waals surface area contributed by atoms with Gasteiger partial charge in [-0.05, 0) is 30.4 Å². The van der Waals surface area contributed by atoms with Crippen molar-refractivity contribution >= 4 is 11.7 Å². The average Bonchev–Trinajstić information content (AvgIpc) is 2.85. The zero-order valence-electron chi connectivity index (χ0n) is 11.3. The zero-order chi connectivity index (χ0) is 13.3. The molecule has 0 radical (unpaired) electrons. The van der Waals surface area contributed by atoms with Crippen molar-refractivity contribution in [1.82, 2.24) is 10.3 Å². The van der Waals surface area contributed by atoms with Gasteiger partial charge in [0.05, 0.1) is 0 Å². The summed E-state index contributed by atoms with van der Waals surface area (Å²) < 4.78 is 0. The van der Waals surface area contributed by atoms with Gasteiger partial charge in [-0.2, -0.15) is 0 Å². The number of hydrogen-bond acceptors (Lipinski definition) is 3. The van der Waals surface area contributed by atoms with Gasteiger partial charge in [-0.25, -0.2) is 4.98 Å². The fourth-order valence-electron chi connectivity index (χ4n) is 2.08. The van der Waals surface area contributed by atoms with Crippen molar-refractivity contribution in [2.75, 3.05) is 5.73 Å². The summed E-state index contributed by atoms with van der Waals surface area (Å²) in [6.45, 7) is 6.39. The van der Waals surface area contributed by atoms with Crippen LogP contribution in [-0.2, 0) is 6.42 Å². The van der Waals surface area contributed by atoms with Gasteiger partial charge in [0.2, 0.25) is 0 Å². The number of rotatable bonds is 4. The fourth-order valence-corrected chi connectivity index (χ4v) is 2.08. The number of pyridine rings is 1. The molecule has 1 saturated carbocycles. The molecule has 0 saturated heterocycles. The summed E-state index contributed by atoms with van der Waals surface area (Å²) in [4.78, 5) is 16.3. The predicted octanol–water partition coefficient (Wildman–Crippen LogP) is 2.14. The Labute approximate surface area is 108 Å². The maximum Gasteiger partial charge on any atom is 0.251 e. The lowest BCUT2D eigenvalue weighted by Crippen LogP contribution is -2.28. The van der Waals surface area contributed by atoms with E-state index in [4.69, 9.17) is 5.73 Å². The van der Waals surface area contributed by atoms with Gasteiger partial charge in [0.1, 0.15) is 5.82 Å². The molecule has 1 aromatic heterocycles. The van der Waals surface area contributed by atoms with Gasteiger partial charge in [-0.15, -0.1) is 0 Å². The molecule has 1 aromatic rings.